The number of nitrogens with one attached hydrogen (secondary N) is 1. The molecule has 22 heavy (non-hydrogen) atoms. The van der Waals surface area contributed by atoms with Crippen LogP contribution in [0.5, 0.6) is 5.75 Å². The van der Waals surface area contributed by atoms with Crippen LogP contribution in [0.25, 0.3) is 11.4 Å². The number of thioether (sulfide) groups is 1. The van der Waals surface area contributed by atoms with E-state index in [9.17, 15) is 0 Å². The number of methoxy groups -OCH3 is 1. The highest BCUT2D eigenvalue weighted by atomic mass is 32.2. The Labute approximate surface area is 135 Å². The minimum absolute atomic E-state index is 0.729. The van der Waals surface area contributed by atoms with Crippen LogP contribution in [0, 0.1) is 0 Å². The fraction of sp³-hybridized carbons (Fsp3) is 0.500. The SMILES string of the molecule is COc1ccc(-c2nc(SCC[C@@H]3CCCN3C)n[nH]2)cc1. The molecule has 0 amide bonds. The number of aromatic amines is 1. The highest BCUT2D eigenvalue weighted by Gasteiger charge is 2.20. The van der Waals surface area contributed by atoms with Gasteiger partial charge in [0.1, 0.15) is 5.75 Å². The molecule has 0 bridgehead atoms. The van der Waals surface area contributed by atoms with Crippen molar-refractivity contribution in [3.8, 4) is 17.1 Å². The molecule has 1 atom stereocenters. The summed E-state index contributed by atoms with van der Waals surface area (Å²) in [6, 6.07) is 8.57. The van der Waals surface area contributed by atoms with Gasteiger partial charge in [-0.25, -0.2) is 4.98 Å². The van der Waals surface area contributed by atoms with E-state index in [1.54, 1.807) is 18.9 Å². The Balaban J connectivity index is 1.54. The van der Waals surface area contributed by atoms with Crippen molar-refractivity contribution in [1.29, 1.82) is 0 Å². The number of nitrogens with zero attached hydrogens (tertiary/aromatic N) is 3. The number of H-pyrrole nitrogens is 1. The number of aromatic nitrogens is 3. The van der Waals surface area contributed by atoms with Gasteiger partial charge >= 0.3 is 0 Å². The summed E-state index contributed by atoms with van der Waals surface area (Å²) in [6.07, 6.45) is 3.85. The maximum absolute atomic E-state index is 5.17. The normalized spacial score (nSPS) is 18.7. The van der Waals surface area contributed by atoms with Gasteiger partial charge in [0.25, 0.3) is 0 Å². The second kappa shape index (κ2) is 7.15. The van der Waals surface area contributed by atoms with Gasteiger partial charge in [0.05, 0.1) is 7.11 Å². The molecular formula is C16H22N4OS. The van der Waals surface area contributed by atoms with Crippen LogP contribution >= 0.6 is 11.8 Å². The predicted molar refractivity (Wildman–Crippen MR) is 89.4 cm³/mol. The van der Waals surface area contributed by atoms with Gasteiger partial charge in [-0.3, -0.25) is 5.10 Å². The molecule has 2 aromatic rings. The maximum Gasteiger partial charge on any atom is 0.208 e. The number of benzene rings is 1. The van der Waals surface area contributed by atoms with Gasteiger partial charge in [-0.1, -0.05) is 11.8 Å². The van der Waals surface area contributed by atoms with Gasteiger partial charge in [0.2, 0.25) is 5.16 Å². The minimum Gasteiger partial charge on any atom is -0.497 e. The Bertz CT molecular complexity index is 598. The van der Waals surface area contributed by atoms with Crippen LogP contribution in [0.3, 0.4) is 0 Å². The number of hydrogen-bond acceptors (Lipinski definition) is 5. The van der Waals surface area contributed by atoms with Gasteiger partial charge in [-0.2, -0.15) is 0 Å². The molecule has 0 unspecified atom stereocenters. The molecule has 0 spiro atoms. The predicted octanol–water partition coefficient (Wildman–Crippen LogP) is 3.06. The zero-order valence-electron chi connectivity index (χ0n) is 13.1. The van der Waals surface area contributed by atoms with E-state index in [2.05, 4.69) is 27.1 Å². The first kappa shape index (κ1) is 15.4. The van der Waals surface area contributed by atoms with Crippen LogP contribution in [0.15, 0.2) is 29.4 Å². The van der Waals surface area contributed by atoms with E-state index >= 15 is 0 Å². The van der Waals surface area contributed by atoms with Crippen LogP contribution in [0.1, 0.15) is 19.3 Å². The largest absolute Gasteiger partial charge is 0.497 e. The Kier molecular flexibility index (Phi) is 5.00. The Morgan fingerprint density at radius 2 is 2.18 bits per heavy atom. The van der Waals surface area contributed by atoms with E-state index in [0.717, 1.165) is 34.1 Å². The standard InChI is InChI=1S/C16H22N4OS/c1-20-10-3-4-13(20)9-11-22-16-17-15(18-19-16)12-5-7-14(21-2)8-6-12/h5-8,13H,3-4,9-11H2,1-2H3,(H,17,18,19)/t13-/m0/s1. The lowest BCUT2D eigenvalue weighted by atomic mass is 10.2. The van der Waals surface area contributed by atoms with Crippen molar-refractivity contribution >= 4 is 11.8 Å². The molecule has 0 radical (unpaired) electrons. The van der Waals surface area contributed by atoms with Crippen molar-refractivity contribution in [2.75, 3.05) is 26.5 Å². The van der Waals surface area contributed by atoms with Gasteiger partial charge in [0, 0.05) is 17.4 Å². The van der Waals surface area contributed by atoms with Crippen LogP contribution in [-0.4, -0.2) is 52.6 Å². The lowest BCUT2D eigenvalue weighted by Crippen LogP contribution is -2.25. The van der Waals surface area contributed by atoms with Gasteiger partial charge in [-0.05, 0) is 57.1 Å². The summed E-state index contributed by atoms with van der Waals surface area (Å²) in [5, 5.41) is 8.14. The maximum atomic E-state index is 5.17. The quantitative estimate of drug-likeness (QED) is 0.830. The highest BCUT2D eigenvalue weighted by molar-refractivity contribution is 7.99. The average molecular weight is 318 g/mol. The highest BCUT2D eigenvalue weighted by Crippen LogP contribution is 2.24. The van der Waals surface area contributed by atoms with E-state index < -0.39 is 0 Å². The molecule has 1 fully saturated rings. The van der Waals surface area contributed by atoms with E-state index in [1.807, 2.05) is 24.3 Å². The molecule has 1 aromatic heterocycles. The van der Waals surface area contributed by atoms with Gasteiger partial charge < -0.3 is 9.64 Å². The van der Waals surface area contributed by atoms with Crippen LogP contribution < -0.4 is 4.74 Å². The van der Waals surface area contributed by atoms with E-state index in [-0.39, 0.29) is 0 Å². The summed E-state index contributed by atoms with van der Waals surface area (Å²) in [5.74, 6) is 2.72. The van der Waals surface area contributed by atoms with E-state index in [0.29, 0.717) is 0 Å². The molecule has 0 saturated carbocycles. The van der Waals surface area contributed by atoms with Crippen molar-refractivity contribution in [3.63, 3.8) is 0 Å². The zero-order valence-corrected chi connectivity index (χ0v) is 13.9. The lowest BCUT2D eigenvalue weighted by Gasteiger charge is -2.18. The summed E-state index contributed by atoms with van der Waals surface area (Å²) in [6.45, 7) is 1.23. The summed E-state index contributed by atoms with van der Waals surface area (Å²) < 4.78 is 5.17. The summed E-state index contributed by atoms with van der Waals surface area (Å²) in [4.78, 5) is 7.02. The van der Waals surface area contributed by atoms with Crippen molar-refractivity contribution in [3.05, 3.63) is 24.3 Å². The van der Waals surface area contributed by atoms with Gasteiger partial charge in [-0.15, -0.1) is 5.10 Å². The first-order chi connectivity index (χ1) is 10.8. The number of likely N-dealkylation sites (tertiary alicyclic amines) is 1. The third kappa shape index (κ3) is 3.62. The third-order valence-corrected chi connectivity index (χ3v) is 5.06. The Morgan fingerprint density at radius 3 is 2.86 bits per heavy atom. The summed E-state index contributed by atoms with van der Waals surface area (Å²) in [7, 11) is 3.89. The van der Waals surface area contributed by atoms with Crippen molar-refractivity contribution in [1.82, 2.24) is 20.1 Å². The molecule has 1 saturated heterocycles. The Hall–Kier alpha value is -1.53. The van der Waals surface area contributed by atoms with Crippen molar-refractivity contribution in [2.24, 2.45) is 0 Å². The van der Waals surface area contributed by atoms with Gasteiger partial charge in [0.15, 0.2) is 5.82 Å². The number of ether oxygens (including phenoxy) is 1. The van der Waals surface area contributed by atoms with E-state index in [1.165, 1.54) is 25.8 Å². The molecule has 3 rings (SSSR count). The molecule has 6 heteroatoms. The fourth-order valence-corrected chi connectivity index (χ4v) is 3.66. The van der Waals surface area contributed by atoms with Crippen molar-refractivity contribution in [2.45, 2.75) is 30.5 Å². The average Bonchev–Trinajstić information content (AvgIpc) is 3.17. The summed E-state index contributed by atoms with van der Waals surface area (Å²) >= 11 is 1.73. The first-order valence-corrected chi connectivity index (χ1v) is 8.64. The molecular weight excluding hydrogens is 296 g/mol. The molecule has 0 aliphatic carbocycles. The number of hydrogen-bond donors (Lipinski definition) is 1. The van der Waals surface area contributed by atoms with E-state index in [4.69, 9.17) is 4.74 Å². The Morgan fingerprint density at radius 1 is 1.36 bits per heavy atom. The smallest absolute Gasteiger partial charge is 0.208 e. The minimum atomic E-state index is 0.729. The third-order valence-electron chi connectivity index (χ3n) is 4.18. The summed E-state index contributed by atoms with van der Waals surface area (Å²) in [5.41, 5.74) is 1.02. The molecule has 1 N–H and O–H groups in total. The molecule has 1 aliphatic heterocycles. The number of rotatable bonds is 6. The first-order valence-electron chi connectivity index (χ1n) is 7.66. The van der Waals surface area contributed by atoms with Crippen LogP contribution in [-0.2, 0) is 0 Å². The monoisotopic (exact) mass is 318 g/mol. The molecule has 1 aromatic carbocycles. The molecule has 118 valence electrons. The molecule has 5 nitrogen and oxygen atoms in total. The second-order valence-corrected chi connectivity index (χ2v) is 6.67. The fourth-order valence-electron chi connectivity index (χ4n) is 2.82. The molecule has 2 heterocycles. The topological polar surface area (TPSA) is 54.0 Å². The molecule has 1 aliphatic rings. The zero-order chi connectivity index (χ0) is 15.4. The lowest BCUT2D eigenvalue weighted by molar-refractivity contribution is 0.305. The van der Waals surface area contributed by atoms with Crippen molar-refractivity contribution < 1.29 is 4.74 Å². The van der Waals surface area contributed by atoms with Crippen LogP contribution in [0.4, 0.5) is 0 Å². The second-order valence-electron chi connectivity index (χ2n) is 5.61. The van der Waals surface area contributed by atoms with Crippen LogP contribution in [0.2, 0.25) is 0 Å².